The predicted octanol–water partition coefficient (Wildman–Crippen LogP) is 2.09. The highest BCUT2D eigenvalue weighted by Crippen LogP contribution is 2.26. The van der Waals surface area contributed by atoms with Crippen LogP contribution in [-0.2, 0) is 0 Å². The summed E-state index contributed by atoms with van der Waals surface area (Å²) >= 11 is 1.60. The first kappa shape index (κ1) is 7.49. The molecule has 2 aromatic heterocycles. The van der Waals surface area contributed by atoms with E-state index >= 15 is 0 Å². The van der Waals surface area contributed by atoms with Crippen molar-refractivity contribution >= 4 is 21.6 Å². The molecule has 0 radical (unpaired) electrons. The summed E-state index contributed by atoms with van der Waals surface area (Å²) in [4.78, 5) is 8.15. The van der Waals surface area contributed by atoms with E-state index in [0.717, 1.165) is 10.2 Å². The fraction of sp³-hybridized carbons (Fsp3) is 0.250. The lowest BCUT2D eigenvalue weighted by Crippen LogP contribution is -1.94. The van der Waals surface area contributed by atoms with E-state index in [4.69, 9.17) is 4.74 Å². The lowest BCUT2D eigenvalue weighted by molar-refractivity contribution is 0.331. The zero-order valence-electron chi connectivity index (χ0n) is 6.65. The lowest BCUT2D eigenvalue weighted by atomic mass is 10.5. The van der Waals surface area contributed by atoms with Gasteiger partial charge in [-0.15, -0.1) is 11.3 Å². The molecule has 0 saturated carbocycles. The molecule has 0 fully saturated rings. The van der Waals surface area contributed by atoms with Gasteiger partial charge in [0.05, 0.1) is 12.1 Å². The number of nitrogens with zero attached hydrogens (tertiary/aromatic N) is 2. The summed E-state index contributed by atoms with van der Waals surface area (Å²) in [5.74, 6) is 0.692. The summed E-state index contributed by atoms with van der Waals surface area (Å²) < 4.78 is 6.36. The van der Waals surface area contributed by atoms with Crippen molar-refractivity contribution in [3.63, 3.8) is 0 Å². The van der Waals surface area contributed by atoms with E-state index in [1.54, 1.807) is 11.3 Å². The van der Waals surface area contributed by atoms with Crippen LogP contribution in [0.2, 0.25) is 0 Å². The molecule has 0 saturated heterocycles. The largest absolute Gasteiger partial charge is 0.477 e. The van der Waals surface area contributed by atoms with Crippen molar-refractivity contribution in [2.75, 3.05) is 6.61 Å². The maximum atomic E-state index is 5.34. The summed E-state index contributed by atoms with van der Waals surface area (Å²) in [5, 5.41) is 1.99. The molecule has 2 aromatic rings. The Hall–Kier alpha value is -1.16. The van der Waals surface area contributed by atoms with Crippen LogP contribution in [0.25, 0.3) is 10.2 Å². The fourth-order valence-corrected chi connectivity index (χ4v) is 1.79. The zero-order valence-corrected chi connectivity index (χ0v) is 7.47. The average Bonchev–Trinajstić information content (AvgIpc) is 2.53. The molecule has 0 unspecified atom stereocenters. The van der Waals surface area contributed by atoms with Crippen molar-refractivity contribution in [3.8, 4) is 5.88 Å². The maximum Gasteiger partial charge on any atom is 0.234 e. The summed E-state index contributed by atoms with van der Waals surface area (Å²) in [6, 6.07) is 1.96. The number of fused-ring (bicyclic) bond motifs is 1. The summed E-state index contributed by atoms with van der Waals surface area (Å²) in [5.41, 5.74) is 0.957. The Morgan fingerprint density at radius 2 is 2.42 bits per heavy atom. The average molecular weight is 180 g/mol. The minimum atomic E-state index is 0.643. The Labute approximate surface area is 74.0 Å². The molecule has 12 heavy (non-hydrogen) atoms. The van der Waals surface area contributed by atoms with E-state index in [1.165, 1.54) is 6.33 Å². The van der Waals surface area contributed by atoms with Crippen LogP contribution in [0.3, 0.4) is 0 Å². The van der Waals surface area contributed by atoms with Gasteiger partial charge in [-0.2, -0.15) is 0 Å². The highest BCUT2D eigenvalue weighted by atomic mass is 32.1. The summed E-state index contributed by atoms with van der Waals surface area (Å²) in [7, 11) is 0. The number of ether oxygens (including phenoxy) is 1. The van der Waals surface area contributed by atoms with Gasteiger partial charge >= 0.3 is 0 Å². The minimum absolute atomic E-state index is 0.643. The van der Waals surface area contributed by atoms with E-state index in [1.807, 2.05) is 18.4 Å². The van der Waals surface area contributed by atoms with Crippen molar-refractivity contribution in [1.29, 1.82) is 0 Å². The predicted molar refractivity (Wildman–Crippen MR) is 48.6 cm³/mol. The number of thiophene rings is 1. The Balaban J connectivity index is 2.57. The molecule has 0 aromatic carbocycles. The van der Waals surface area contributed by atoms with E-state index in [0.29, 0.717) is 12.5 Å². The van der Waals surface area contributed by atoms with E-state index in [-0.39, 0.29) is 0 Å². The summed E-state index contributed by atoms with van der Waals surface area (Å²) in [6.07, 6.45) is 1.53. The topological polar surface area (TPSA) is 35.0 Å². The van der Waals surface area contributed by atoms with Gasteiger partial charge in [0, 0.05) is 0 Å². The molecule has 2 rings (SSSR count). The second-order valence-corrected chi connectivity index (χ2v) is 3.16. The van der Waals surface area contributed by atoms with Crippen molar-refractivity contribution < 1.29 is 4.74 Å². The van der Waals surface area contributed by atoms with Gasteiger partial charge in [-0.1, -0.05) is 0 Å². The molecular weight excluding hydrogens is 172 g/mol. The van der Waals surface area contributed by atoms with Gasteiger partial charge in [-0.05, 0) is 18.4 Å². The molecule has 2 heterocycles. The van der Waals surface area contributed by atoms with Crippen LogP contribution in [0.5, 0.6) is 5.88 Å². The number of hydrogen-bond donors (Lipinski definition) is 0. The molecule has 0 amide bonds. The lowest BCUT2D eigenvalue weighted by Gasteiger charge is -2.00. The third-order valence-electron chi connectivity index (χ3n) is 1.49. The van der Waals surface area contributed by atoms with Crippen LogP contribution in [0, 0.1) is 0 Å². The first-order chi connectivity index (χ1) is 5.92. The van der Waals surface area contributed by atoms with Crippen molar-refractivity contribution in [2.24, 2.45) is 0 Å². The van der Waals surface area contributed by atoms with Gasteiger partial charge < -0.3 is 4.74 Å². The van der Waals surface area contributed by atoms with Gasteiger partial charge in [0.2, 0.25) is 5.88 Å². The standard InChI is InChI=1S/C8H8N2OS/c1-2-11-8-7-6(3-4-12-7)9-5-10-8/h3-5H,2H2,1H3. The molecule has 4 heteroatoms. The van der Waals surface area contributed by atoms with Crippen LogP contribution >= 0.6 is 11.3 Å². The van der Waals surface area contributed by atoms with Crippen LogP contribution in [0.15, 0.2) is 17.8 Å². The molecule has 62 valence electrons. The normalized spacial score (nSPS) is 10.4. The van der Waals surface area contributed by atoms with E-state index < -0.39 is 0 Å². The minimum Gasteiger partial charge on any atom is -0.477 e. The van der Waals surface area contributed by atoms with E-state index in [2.05, 4.69) is 9.97 Å². The molecule has 0 N–H and O–H groups in total. The van der Waals surface area contributed by atoms with E-state index in [9.17, 15) is 0 Å². The Morgan fingerprint density at radius 3 is 3.25 bits per heavy atom. The quantitative estimate of drug-likeness (QED) is 0.709. The smallest absolute Gasteiger partial charge is 0.234 e. The van der Waals surface area contributed by atoms with Crippen molar-refractivity contribution in [1.82, 2.24) is 9.97 Å². The zero-order chi connectivity index (χ0) is 8.39. The Morgan fingerprint density at radius 1 is 1.50 bits per heavy atom. The molecule has 0 bridgehead atoms. The molecule has 0 spiro atoms. The monoisotopic (exact) mass is 180 g/mol. The maximum absolute atomic E-state index is 5.34. The number of hydrogen-bond acceptors (Lipinski definition) is 4. The number of rotatable bonds is 2. The molecule has 3 nitrogen and oxygen atoms in total. The number of aromatic nitrogens is 2. The van der Waals surface area contributed by atoms with Gasteiger partial charge in [-0.25, -0.2) is 9.97 Å². The highest BCUT2D eigenvalue weighted by Gasteiger charge is 2.03. The first-order valence-corrected chi connectivity index (χ1v) is 4.61. The fourth-order valence-electron chi connectivity index (χ4n) is 1.01. The second kappa shape index (κ2) is 3.06. The molecule has 0 aliphatic carbocycles. The SMILES string of the molecule is CCOc1ncnc2ccsc12. The molecule has 0 aliphatic rings. The third-order valence-corrected chi connectivity index (χ3v) is 2.38. The highest BCUT2D eigenvalue weighted by molar-refractivity contribution is 7.17. The molecule has 0 aliphatic heterocycles. The van der Waals surface area contributed by atoms with Crippen LogP contribution < -0.4 is 4.74 Å². The first-order valence-electron chi connectivity index (χ1n) is 3.73. The van der Waals surface area contributed by atoms with Crippen molar-refractivity contribution in [3.05, 3.63) is 17.8 Å². The molecule has 0 atom stereocenters. The molecular formula is C8H8N2OS. The second-order valence-electron chi connectivity index (χ2n) is 2.25. The van der Waals surface area contributed by atoms with Gasteiger partial charge in [0.25, 0.3) is 0 Å². The van der Waals surface area contributed by atoms with Crippen LogP contribution in [-0.4, -0.2) is 16.6 Å². The van der Waals surface area contributed by atoms with Gasteiger partial charge in [-0.3, -0.25) is 0 Å². The van der Waals surface area contributed by atoms with Gasteiger partial charge in [0.1, 0.15) is 11.0 Å². The van der Waals surface area contributed by atoms with Gasteiger partial charge in [0.15, 0.2) is 0 Å². The summed E-state index contributed by atoms with van der Waals surface area (Å²) in [6.45, 7) is 2.59. The van der Waals surface area contributed by atoms with Crippen LogP contribution in [0.4, 0.5) is 0 Å². The Kier molecular flexibility index (Phi) is 1.91. The Bertz CT molecular complexity index is 385. The third kappa shape index (κ3) is 1.14. The van der Waals surface area contributed by atoms with Crippen molar-refractivity contribution in [2.45, 2.75) is 6.92 Å². The van der Waals surface area contributed by atoms with Crippen LogP contribution in [0.1, 0.15) is 6.92 Å².